The number of urea groups is 1. The van der Waals surface area contributed by atoms with Crippen LogP contribution in [0.5, 0.6) is 5.75 Å². The van der Waals surface area contributed by atoms with Crippen molar-refractivity contribution in [3.05, 3.63) is 24.0 Å². The minimum absolute atomic E-state index is 0.120. The average Bonchev–Trinajstić information content (AvgIpc) is 3.27. The van der Waals surface area contributed by atoms with Gasteiger partial charge in [-0.15, -0.1) is 0 Å². The number of carbonyl (C=O) groups is 1. The smallest absolute Gasteiger partial charge is 0.315 e. The second-order valence-electron chi connectivity index (χ2n) is 9.50. The molecule has 0 aromatic carbocycles. The molecule has 2 aliphatic heterocycles. The Bertz CT molecular complexity index is 743. The van der Waals surface area contributed by atoms with Crippen molar-refractivity contribution in [2.75, 3.05) is 13.2 Å². The molecule has 7 atom stereocenters. The Balaban J connectivity index is 1.32. The second-order valence-corrected chi connectivity index (χ2v) is 9.50. The Kier molecular flexibility index (Phi) is 6.48. The summed E-state index contributed by atoms with van der Waals surface area (Å²) < 4.78 is 18.0. The number of rotatable bonds is 5. The van der Waals surface area contributed by atoms with Crippen LogP contribution in [0.15, 0.2) is 18.3 Å². The first-order valence-electron chi connectivity index (χ1n) is 11.3. The van der Waals surface area contributed by atoms with Crippen molar-refractivity contribution in [2.45, 2.75) is 77.4 Å². The number of pyridine rings is 1. The van der Waals surface area contributed by atoms with E-state index < -0.39 is 0 Å². The van der Waals surface area contributed by atoms with Crippen LogP contribution in [0, 0.1) is 24.7 Å². The third-order valence-corrected chi connectivity index (χ3v) is 6.90. The molecule has 30 heavy (non-hydrogen) atoms. The summed E-state index contributed by atoms with van der Waals surface area (Å²) in [6, 6.07) is 3.70. The van der Waals surface area contributed by atoms with Crippen molar-refractivity contribution >= 4 is 6.03 Å². The molecule has 0 spiro atoms. The molecular weight excluding hydrogens is 382 g/mol. The van der Waals surface area contributed by atoms with E-state index in [-0.39, 0.29) is 36.4 Å². The van der Waals surface area contributed by atoms with Crippen LogP contribution >= 0.6 is 0 Å². The SMILES string of the molecule is Cc1ncccc1O[C@H]1CO[C@H]2[C@@H]1OC[C@@H]2NC(=O)NC1CC(C)CCC1C(C)C. The number of aryl methyl sites for hydroxylation is 1. The number of aromatic nitrogens is 1. The van der Waals surface area contributed by atoms with Gasteiger partial charge >= 0.3 is 6.03 Å². The molecule has 3 fully saturated rings. The zero-order chi connectivity index (χ0) is 21.3. The van der Waals surface area contributed by atoms with Crippen molar-refractivity contribution < 1.29 is 19.0 Å². The van der Waals surface area contributed by atoms with E-state index in [2.05, 4.69) is 36.4 Å². The molecular formula is C23H35N3O4. The van der Waals surface area contributed by atoms with Crippen LogP contribution in [0.2, 0.25) is 0 Å². The molecule has 3 heterocycles. The molecule has 2 amide bonds. The number of nitrogens with one attached hydrogen (secondary N) is 2. The highest BCUT2D eigenvalue weighted by molar-refractivity contribution is 5.74. The molecule has 3 unspecified atom stereocenters. The Labute approximate surface area is 179 Å². The van der Waals surface area contributed by atoms with Gasteiger partial charge in [-0.1, -0.05) is 27.2 Å². The summed E-state index contributed by atoms with van der Waals surface area (Å²) in [5.74, 6) is 2.49. The Morgan fingerprint density at radius 3 is 2.70 bits per heavy atom. The summed E-state index contributed by atoms with van der Waals surface area (Å²) in [4.78, 5) is 17.0. The maximum atomic E-state index is 12.8. The van der Waals surface area contributed by atoms with Gasteiger partial charge in [0.05, 0.1) is 24.9 Å². The van der Waals surface area contributed by atoms with Gasteiger partial charge < -0.3 is 24.8 Å². The van der Waals surface area contributed by atoms with Crippen LogP contribution in [0.1, 0.15) is 45.7 Å². The normalized spacial score (nSPS) is 35.8. The lowest BCUT2D eigenvalue weighted by atomic mass is 9.74. The van der Waals surface area contributed by atoms with E-state index in [0.29, 0.717) is 31.0 Å². The molecule has 7 nitrogen and oxygen atoms in total. The zero-order valence-corrected chi connectivity index (χ0v) is 18.5. The largest absolute Gasteiger partial charge is 0.483 e. The van der Waals surface area contributed by atoms with Gasteiger partial charge in [0.25, 0.3) is 0 Å². The van der Waals surface area contributed by atoms with Crippen LogP contribution < -0.4 is 15.4 Å². The first kappa shape index (κ1) is 21.4. The lowest BCUT2D eigenvalue weighted by Crippen LogP contribution is -2.53. The predicted octanol–water partition coefficient (Wildman–Crippen LogP) is 3.06. The van der Waals surface area contributed by atoms with Crippen LogP contribution in [-0.2, 0) is 9.47 Å². The van der Waals surface area contributed by atoms with E-state index in [1.165, 1.54) is 12.8 Å². The van der Waals surface area contributed by atoms with E-state index in [0.717, 1.165) is 17.9 Å². The average molecular weight is 418 g/mol. The molecule has 2 saturated heterocycles. The highest BCUT2D eigenvalue weighted by Crippen LogP contribution is 2.34. The van der Waals surface area contributed by atoms with Crippen LogP contribution in [-0.4, -0.2) is 54.6 Å². The molecule has 3 aliphatic rings. The molecule has 1 aromatic heterocycles. The molecule has 7 heteroatoms. The standard InChI is InChI=1S/C23H35N3O4/c1-13(2)16-8-7-14(3)10-17(16)25-23(27)26-18-11-28-22-20(12-29-21(18)22)30-19-6-5-9-24-15(19)4/h5-6,9,13-14,16-18,20-22H,7-8,10-12H2,1-4H3,(H2,25,26,27)/t14?,16?,17?,18-,20-,21+,22+/m0/s1. The molecule has 1 saturated carbocycles. The summed E-state index contributed by atoms with van der Waals surface area (Å²) in [5, 5.41) is 6.35. The molecule has 2 N–H and O–H groups in total. The number of ether oxygens (including phenoxy) is 3. The lowest BCUT2D eigenvalue weighted by Gasteiger charge is -2.38. The van der Waals surface area contributed by atoms with Crippen LogP contribution in [0.25, 0.3) is 0 Å². The van der Waals surface area contributed by atoms with Crippen molar-refractivity contribution in [3.63, 3.8) is 0 Å². The monoisotopic (exact) mass is 417 g/mol. The summed E-state index contributed by atoms with van der Waals surface area (Å²) in [5.41, 5.74) is 0.842. The van der Waals surface area contributed by atoms with Gasteiger partial charge in [-0.2, -0.15) is 0 Å². The fraction of sp³-hybridized carbons (Fsp3) is 0.739. The van der Waals surface area contributed by atoms with E-state index in [1.807, 2.05) is 19.1 Å². The number of nitrogens with zero attached hydrogens (tertiary/aromatic N) is 1. The second kappa shape index (κ2) is 9.10. The van der Waals surface area contributed by atoms with Crippen LogP contribution in [0.4, 0.5) is 4.79 Å². The molecule has 4 rings (SSSR count). The number of carbonyl (C=O) groups excluding carboxylic acids is 1. The van der Waals surface area contributed by atoms with Gasteiger partial charge in [-0.25, -0.2) is 4.79 Å². The quantitative estimate of drug-likeness (QED) is 0.770. The van der Waals surface area contributed by atoms with Gasteiger partial charge in [0.15, 0.2) is 6.10 Å². The fourth-order valence-electron chi connectivity index (χ4n) is 5.19. The Morgan fingerprint density at radius 2 is 1.93 bits per heavy atom. The number of hydrogen-bond donors (Lipinski definition) is 2. The lowest BCUT2D eigenvalue weighted by molar-refractivity contribution is 0.0299. The third-order valence-electron chi connectivity index (χ3n) is 6.90. The first-order valence-corrected chi connectivity index (χ1v) is 11.3. The predicted molar refractivity (Wildman–Crippen MR) is 113 cm³/mol. The molecule has 1 aromatic rings. The van der Waals surface area contributed by atoms with Gasteiger partial charge in [-0.05, 0) is 49.7 Å². The van der Waals surface area contributed by atoms with Crippen molar-refractivity contribution in [1.29, 1.82) is 0 Å². The van der Waals surface area contributed by atoms with Crippen LogP contribution in [0.3, 0.4) is 0 Å². The minimum Gasteiger partial charge on any atom is -0.483 e. The number of amides is 2. The molecule has 0 bridgehead atoms. The van der Waals surface area contributed by atoms with Gasteiger partial charge in [-0.3, -0.25) is 4.98 Å². The van der Waals surface area contributed by atoms with Gasteiger partial charge in [0.2, 0.25) is 0 Å². The van der Waals surface area contributed by atoms with Gasteiger partial charge in [0.1, 0.15) is 18.0 Å². The van der Waals surface area contributed by atoms with Gasteiger partial charge in [0, 0.05) is 12.2 Å². The minimum atomic E-state index is -0.197. The third kappa shape index (κ3) is 4.57. The van der Waals surface area contributed by atoms with E-state index in [1.54, 1.807) is 6.20 Å². The van der Waals surface area contributed by atoms with E-state index in [4.69, 9.17) is 14.2 Å². The Hall–Kier alpha value is -1.86. The summed E-state index contributed by atoms with van der Waals surface area (Å²) in [6.07, 6.45) is 4.64. The van der Waals surface area contributed by atoms with E-state index >= 15 is 0 Å². The Morgan fingerprint density at radius 1 is 1.17 bits per heavy atom. The maximum absolute atomic E-state index is 12.8. The number of fused-ring (bicyclic) bond motifs is 1. The fourth-order valence-corrected chi connectivity index (χ4v) is 5.19. The van der Waals surface area contributed by atoms with Crippen molar-refractivity contribution in [1.82, 2.24) is 15.6 Å². The highest BCUT2D eigenvalue weighted by atomic mass is 16.6. The van der Waals surface area contributed by atoms with Crippen molar-refractivity contribution in [2.24, 2.45) is 17.8 Å². The summed E-state index contributed by atoms with van der Waals surface area (Å²) >= 11 is 0. The molecule has 0 radical (unpaired) electrons. The van der Waals surface area contributed by atoms with E-state index in [9.17, 15) is 4.79 Å². The topological polar surface area (TPSA) is 81.7 Å². The zero-order valence-electron chi connectivity index (χ0n) is 18.5. The van der Waals surface area contributed by atoms with Crippen molar-refractivity contribution in [3.8, 4) is 5.75 Å². The highest BCUT2D eigenvalue weighted by Gasteiger charge is 2.49. The first-order chi connectivity index (χ1) is 14.4. The summed E-state index contributed by atoms with van der Waals surface area (Å²) in [6.45, 7) is 9.57. The number of hydrogen-bond acceptors (Lipinski definition) is 5. The maximum Gasteiger partial charge on any atom is 0.315 e. The molecule has 166 valence electrons. The summed E-state index contributed by atoms with van der Waals surface area (Å²) in [7, 11) is 0. The molecule has 1 aliphatic carbocycles.